The molecule has 0 bridgehead atoms. The molecule has 0 saturated carbocycles. The monoisotopic (exact) mass is 299 g/mol. The van der Waals surface area contributed by atoms with Gasteiger partial charge in [0, 0.05) is 0 Å². The first-order valence-corrected chi connectivity index (χ1v) is 8.21. The highest BCUT2D eigenvalue weighted by Gasteiger charge is 2.26. The molecule has 0 atom stereocenters. The van der Waals surface area contributed by atoms with E-state index in [2.05, 4.69) is 5.09 Å². The fourth-order valence-electron chi connectivity index (χ4n) is 1.92. The first-order chi connectivity index (χ1) is 9.41. The zero-order chi connectivity index (χ0) is 15.2. The second-order valence-corrected chi connectivity index (χ2v) is 6.15. The van der Waals surface area contributed by atoms with Crippen molar-refractivity contribution in [1.82, 2.24) is 5.09 Å². The minimum atomic E-state index is -3.54. The molecule has 0 radical (unpaired) electrons. The van der Waals surface area contributed by atoms with E-state index in [4.69, 9.17) is 9.05 Å². The van der Waals surface area contributed by atoms with Crippen molar-refractivity contribution in [2.24, 2.45) is 0 Å². The Balaban J connectivity index is 2.78. The third-order valence-electron chi connectivity index (χ3n) is 2.84. The van der Waals surface area contributed by atoms with Crippen LogP contribution in [0.5, 0.6) is 0 Å². The Kier molecular flexibility index (Phi) is 6.40. The summed E-state index contributed by atoms with van der Waals surface area (Å²) in [6.45, 7) is 7.70. The number of hydrogen-bond acceptors (Lipinski definition) is 4. The summed E-state index contributed by atoms with van der Waals surface area (Å²) in [5.74, 6) is -0.368. The highest BCUT2D eigenvalue weighted by molar-refractivity contribution is 7.52. The lowest BCUT2D eigenvalue weighted by Crippen LogP contribution is -2.25. The molecule has 1 aromatic rings. The number of aryl methyl sites for hydroxylation is 2. The number of amides is 1. The van der Waals surface area contributed by atoms with Crippen LogP contribution in [0.1, 0.15) is 30.5 Å². The smallest absolute Gasteiger partial charge is 0.293 e. The molecule has 20 heavy (non-hydrogen) atoms. The average molecular weight is 299 g/mol. The van der Waals surface area contributed by atoms with Crippen molar-refractivity contribution >= 4 is 13.7 Å². The summed E-state index contributed by atoms with van der Waals surface area (Å²) in [5, 5.41) is 2.37. The van der Waals surface area contributed by atoms with E-state index < -0.39 is 7.75 Å². The van der Waals surface area contributed by atoms with E-state index in [9.17, 15) is 9.36 Å². The number of nitrogens with one attached hydrogen (secondary N) is 1. The number of rotatable bonds is 7. The van der Waals surface area contributed by atoms with Crippen LogP contribution in [0.3, 0.4) is 0 Å². The molecule has 6 heteroatoms. The maximum absolute atomic E-state index is 12.2. The first-order valence-electron chi connectivity index (χ1n) is 6.67. The van der Waals surface area contributed by atoms with Crippen LogP contribution in [0.15, 0.2) is 18.2 Å². The molecule has 1 amide bonds. The molecule has 0 aliphatic rings. The second kappa shape index (κ2) is 7.58. The van der Waals surface area contributed by atoms with Gasteiger partial charge in [-0.2, -0.15) is 0 Å². The lowest BCUT2D eigenvalue weighted by molar-refractivity contribution is -0.119. The molecule has 0 aromatic heterocycles. The van der Waals surface area contributed by atoms with Crippen molar-refractivity contribution < 1.29 is 18.4 Å². The van der Waals surface area contributed by atoms with Gasteiger partial charge in [0.05, 0.1) is 19.6 Å². The predicted octanol–water partition coefficient (Wildman–Crippen LogP) is 3.14. The highest BCUT2D eigenvalue weighted by Crippen LogP contribution is 2.43. The predicted molar refractivity (Wildman–Crippen MR) is 78.6 cm³/mol. The Morgan fingerprint density at radius 2 is 1.65 bits per heavy atom. The van der Waals surface area contributed by atoms with Crippen LogP contribution >= 0.6 is 7.75 Å². The van der Waals surface area contributed by atoms with Gasteiger partial charge in [-0.05, 0) is 44.4 Å². The first kappa shape index (κ1) is 16.9. The van der Waals surface area contributed by atoms with Gasteiger partial charge in [0.2, 0.25) is 5.91 Å². The largest absolute Gasteiger partial charge is 0.434 e. The summed E-state index contributed by atoms with van der Waals surface area (Å²) in [6, 6.07) is 5.83. The molecular weight excluding hydrogens is 277 g/mol. The number of hydrogen-bond donors (Lipinski definition) is 1. The number of carbonyl (C=O) groups is 1. The topological polar surface area (TPSA) is 64.6 Å². The summed E-state index contributed by atoms with van der Waals surface area (Å²) >= 11 is 0. The van der Waals surface area contributed by atoms with E-state index in [1.807, 2.05) is 32.0 Å². The van der Waals surface area contributed by atoms with Crippen molar-refractivity contribution in [3.63, 3.8) is 0 Å². The van der Waals surface area contributed by atoms with Gasteiger partial charge in [-0.3, -0.25) is 18.9 Å². The lowest BCUT2D eigenvalue weighted by Gasteiger charge is -2.18. The van der Waals surface area contributed by atoms with Crippen molar-refractivity contribution in [3.05, 3.63) is 34.9 Å². The average Bonchev–Trinajstić information content (AvgIpc) is 2.34. The third kappa shape index (κ3) is 4.75. The molecular formula is C14H22NO4P. The Morgan fingerprint density at radius 3 is 2.10 bits per heavy atom. The van der Waals surface area contributed by atoms with Gasteiger partial charge in [0.1, 0.15) is 0 Å². The Bertz CT molecular complexity index is 486. The Labute approximate surface area is 120 Å². The molecule has 5 nitrogen and oxygen atoms in total. The van der Waals surface area contributed by atoms with Crippen LogP contribution < -0.4 is 5.09 Å². The normalized spacial score (nSPS) is 11.4. The zero-order valence-electron chi connectivity index (χ0n) is 12.4. The van der Waals surface area contributed by atoms with Crippen molar-refractivity contribution in [2.45, 2.75) is 34.1 Å². The van der Waals surface area contributed by atoms with Crippen LogP contribution in [0, 0.1) is 13.8 Å². The van der Waals surface area contributed by atoms with Crippen molar-refractivity contribution in [3.8, 4) is 0 Å². The fraction of sp³-hybridized carbons (Fsp3) is 0.500. The molecule has 112 valence electrons. The molecule has 1 N–H and O–H groups in total. The van der Waals surface area contributed by atoms with Gasteiger partial charge in [-0.25, -0.2) is 4.57 Å². The number of benzene rings is 1. The van der Waals surface area contributed by atoms with Crippen LogP contribution in [0.2, 0.25) is 0 Å². The third-order valence-corrected chi connectivity index (χ3v) is 4.56. The lowest BCUT2D eigenvalue weighted by atomic mass is 10.0. The molecule has 0 fully saturated rings. The van der Waals surface area contributed by atoms with E-state index >= 15 is 0 Å². The van der Waals surface area contributed by atoms with Crippen LogP contribution in [0.4, 0.5) is 0 Å². The van der Waals surface area contributed by atoms with Crippen LogP contribution in [-0.2, 0) is 24.8 Å². The molecule has 0 saturated heterocycles. The Hall–Kier alpha value is -1.16. The molecule has 0 aliphatic carbocycles. The summed E-state index contributed by atoms with van der Waals surface area (Å²) in [5.41, 5.74) is 3.00. The van der Waals surface area contributed by atoms with E-state index in [0.717, 1.165) is 16.7 Å². The van der Waals surface area contributed by atoms with Gasteiger partial charge >= 0.3 is 7.75 Å². The van der Waals surface area contributed by atoms with Crippen molar-refractivity contribution in [2.75, 3.05) is 13.2 Å². The van der Waals surface area contributed by atoms with Gasteiger partial charge in [-0.1, -0.05) is 18.2 Å². The molecule has 1 rings (SSSR count). The summed E-state index contributed by atoms with van der Waals surface area (Å²) in [7, 11) is -3.54. The molecule has 0 heterocycles. The zero-order valence-corrected chi connectivity index (χ0v) is 13.3. The standard InChI is InChI=1S/C14H22NO4P/c1-5-18-20(17,19-6-2)15-14(16)10-13-11(3)8-7-9-12(13)4/h7-9H,5-6,10H2,1-4H3,(H,15,16,17). The number of carbonyl (C=O) groups excluding carboxylic acids is 1. The maximum atomic E-state index is 12.2. The summed E-state index contributed by atoms with van der Waals surface area (Å²) < 4.78 is 22.3. The fourth-order valence-corrected chi connectivity index (χ4v) is 3.19. The van der Waals surface area contributed by atoms with Crippen molar-refractivity contribution in [1.29, 1.82) is 0 Å². The van der Waals surface area contributed by atoms with E-state index in [1.165, 1.54) is 0 Å². The highest BCUT2D eigenvalue weighted by atomic mass is 31.2. The summed E-state index contributed by atoms with van der Waals surface area (Å²) in [4.78, 5) is 12.0. The minimum absolute atomic E-state index is 0.155. The minimum Gasteiger partial charge on any atom is -0.293 e. The molecule has 0 unspecified atom stereocenters. The van der Waals surface area contributed by atoms with Gasteiger partial charge in [0.25, 0.3) is 0 Å². The van der Waals surface area contributed by atoms with Gasteiger partial charge < -0.3 is 0 Å². The summed E-state index contributed by atoms with van der Waals surface area (Å²) in [6.07, 6.45) is 0.155. The molecule has 0 spiro atoms. The SMILES string of the molecule is CCOP(=O)(NC(=O)Cc1c(C)cccc1C)OCC. The van der Waals surface area contributed by atoms with Gasteiger partial charge in [0.15, 0.2) is 0 Å². The molecule has 0 aliphatic heterocycles. The van der Waals surface area contributed by atoms with E-state index in [-0.39, 0.29) is 25.5 Å². The van der Waals surface area contributed by atoms with E-state index in [0.29, 0.717) is 0 Å². The second-order valence-electron chi connectivity index (χ2n) is 4.42. The van der Waals surface area contributed by atoms with Gasteiger partial charge in [-0.15, -0.1) is 0 Å². The maximum Gasteiger partial charge on any atom is 0.434 e. The molecule has 1 aromatic carbocycles. The van der Waals surface area contributed by atoms with Crippen LogP contribution in [0.25, 0.3) is 0 Å². The van der Waals surface area contributed by atoms with Crippen LogP contribution in [-0.4, -0.2) is 19.1 Å². The Morgan fingerprint density at radius 1 is 1.15 bits per heavy atom. The van der Waals surface area contributed by atoms with E-state index in [1.54, 1.807) is 13.8 Å². The quantitative estimate of drug-likeness (QED) is 0.786.